The topological polar surface area (TPSA) is 82.6 Å². The molecule has 0 aromatic carbocycles. The summed E-state index contributed by atoms with van der Waals surface area (Å²) in [6, 6.07) is 3.16. The molecule has 7 nitrogen and oxygen atoms in total. The summed E-state index contributed by atoms with van der Waals surface area (Å²) < 4.78 is 0. The molecule has 1 N–H and O–H groups in total. The molecule has 2 aliphatic rings. The van der Waals surface area contributed by atoms with Gasteiger partial charge in [-0.15, -0.1) is 0 Å². The van der Waals surface area contributed by atoms with Gasteiger partial charge in [0.15, 0.2) is 0 Å². The van der Waals surface area contributed by atoms with Crippen LogP contribution in [0.4, 0.5) is 0 Å². The molecular weight excluding hydrogens is 260 g/mol. The van der Waals surface area contributed by atoms with Gasteiger partial charge in [0.1, 0.15) is 12.2 Å². The van der Waals surface area contributed by atoms with Crippen molar-refractivity contribution in [1.29, 1.82) is 0 Å². The molecule has 1 aromatic rings. The summed E-state index contributed by atoms with van der Waals surface area (Å²) in [4.78, 5) is 42.9. The summed E-state index contributed by atoms with van der Waals surface area (Å²) in [6.07, 6.45) is 1.46. The average molecular weight is 274 g/mol. The number of pyridine rings is 1. The van der Waals surface area contributed by atoms with Gasteiger partial charge in [-0.3, -0.25) is 24.3 Å². The Kier molecular flexibility index (Phi) is 3.19. The fraction of sp³-hybridized carbons (Fsp3) is 0.385. The van der Waals surface area contributed by atoms with E-state index in [1.165, 1.54) is 6.20 Å². The molecule has 3 heterocycles. The van der Waals surface area contributed by atoms with Crippen LogP contribution in [0.15, 0.2) is 18.3 Å². The zero-order chi connectivity index (χ0) is 14.1. The van der Waals surface area contributed by atoms with Crippen LogP contribution in [0, 0.1) is 0 Å². The molecule has 3 rings (SSSR count). The van der Waals surface area contributed by atoms with Gasteiger partial charge in [0.05, 0.1) is 5.56 Å². The van der Waals surface area contributed by atoms with E-state index in [1.54, 1.807) is 17.0 Å². The van der Waals surface area contributed by atoms with Crippen LogP contribution >= 0.6 is 0 Å². The van der Waals surface area contributed by atoms with E-state index in [9.17, 15) is 14.4 Å². The van der Waals surface area contributed by atoms with Crippen molar-refractivity contribution in [3.8, 4) is 0 Å². The Morgan fingerprint density at radius 3 is 2.70 bits per heavy atom. The molecule has 3 amide bonds. The number of piperazine rings is 1. The smallest absolute Gasteiger partial charge is 0.280 e. The predicted octanol–water partition coefficient (Wildman–Crippen LogP) is -0.891. The Morgan fingerprint density at radius 1 is 1.25 bits per heavy atom. The van der Waals surface area contributed by atoms with Crippen LogP contribution in [-0.4, -0.2) is 65.2 Å². The van der Waals surface area contributed by atoms with Gasteiger partial charge in [-0.2, -0.15) is 0 Å². The van der Waals surface area contributed by atoms with Crippen LogP contribution in [0.25, 0.3) is 0 Å². The second-order valence-corrected chi connectivity index (χ2v) is 4.73. The second kappa shape index (κ2) is 5.01. The van der Waals surface area contributed by atoms with Gasteiger partial charge in [0.2, 0.25) is 5.91 Å². The number of amides is 3. The number of aromatic nitrogens is 1. The minimum Gasteiger partial charge on any atom is -0.339 e. The summed E-state index contributed by atoms with van der Waals surface area (Å²) in [5, 5.41) is 3.14. The van der Waals surface area contributed by atoms with Crippen LogP contribution in [0.3, 0.4) is 0 Å². The Hall–Kier alpha value is -2.28. The largest absolute Gasteiger partial charge is 0.339 e. The minimum absolute atomic E-state index is 0.130. The van der Waals surface area contributed by atoms with Crippen molar-refractivity contribution in [3.63, 3.8) is 0 Å². The standard InChI is InChI=1S/C13H14N4O3/c18-10(16-6-4-14-5-7-16)8-17-12(19)9-2-1-3-15-11(9)13(17)20/h1-3,14H,4-8H2. The number of hydrogen-bond acceptors (Lipinski definition) is 5. The number of rotatable bonds is 2. The van der Waals surface area contributed by atoms with E-state index in [2.05, 4.69) is 10.3 Å². The van der Waals surface area contributed by atoms with Gasteiger partial charge in [0, 0.05) is 32.4 Å². The molecule has 20 heavy (non-hydrogen) atoms. The number of carbonyl (C=O) groups excluding carboxylic acids is 3. The first kappa shape index (κ1) is 12.7. The number of hydrogen-bond donors (Lipinski definition) is 1. The summed E-state index contributed by atoms with van der Waals surface area (Å²) in [7, 11) is 0. The van der Waals surface area contributed by atoms with Gasteiger partial charge in [-0.1, -0.05) is 0 Å². The van der Waals surface area contributed by atoms with E-state index in [4.69, 9.17) is 0 Å². The zero-order valence-electron chi connectivity index (χ0n) is 10.8. The molecule has 1 fully saturated rings. The number of fused-ring (bicyclic) bond motifs is 1. The molecule has 2 aliphatic heterocycles. The lowest BCUT2D eigenvalue weighted by molar-refractivity contribution is -0.132. The lowest BCUT2D eigenvalue weighted by Crippen LogP contribution is -2.50. The van der Waals surface area contributed by atoms with E-state index in [-0.39, 0.29) is 23.7 Å². The van der Waals surface area contributed by atoms with Crippen molar-refractivity contribution < 1.29 is 14.4 Å². The maximum absolute atomic E-state index is 12.1. The monoisotopic (exact) mass is 274 g/mol. The Bertz CT molecular complexity index is 546. The quantitative estimate of drug-likeness (QED) is 0.707. The van der Waals surface area contributed by atoms with Gasteiger partial charge in [-0.05, 0) is 12.1 Å². The molecule has 0 spiro atoms. The van der Waals surface area contributed by atoms with Crippen LogP contribution in [0.1, 0.15) is 20.8 Å². The molecule has 0 saturated carbocycles. The fourth-order valence-electron chi connectivity index (χ4n) is 2.41. The molecule has 0 aliphatic carbocycles. The second-order valence-electron chi connectivity index (χ2n) is 4.73. The van der Waals surface area contributed by atoms with Gasteiger partial charge in [0.25, 0.3) is 11.8 Å². The van der Waals surface area contributed by atoms with Gasteiger partial charge < -0.3 is 10.2 Å². The number of imide groups is 1. The van der Waals surface area contributed by atoms with Crippen LogP contribution in [-0.2, 0) is 4.79 Å². The third-order valence-electron chi connectivity index (χ3n) is 3.49. The van der Waals surface area contributed by atoms with Gasteiger partial charge in [-0.25, -0.2) is 0 Å². The van der Waals surface area contributed by atoms with Crippen molar-refractivity contribution in [1.82, 2.24) is 20.1 Å². The van der Waals surface area contributed by atoms with E-state index in [1.807, 2.05) is 0 Å². The lowest BCUT2D eigenvalue weighted by atomic mass is 10.2. The van der Waals surface area contributed by atoms with Crippen LogP contribution in [0.2, 0.25) is 0 Å². The average Bonchev–Trinajstić information content (AvgIpc) is 2.74. The molecule has 1 aromatic heterocycles. The molecule has 104 valence electrons. The van der Waals surface area contributed by atoms with E-state index in [0.29, 0.717) is 13.1 Å². The molecular formula is C13H14N4O3. The van der Waals surface area contributed by atoms with E-state index >= 15 is 0 Å². The molecule has 0 bridgehead atoms. The first-order valence-corrected chi connectivity index (χ1v) is 6.48. The van der Waals surface area contributed by atoms with Crippen LogP contribution in [0.5, 0.6) is 0 Å². The van der Waals surface area contributed by atoms with Crippen LogP contribution < -0.4 is 5.32 Å². The van der Waals surface area contributed by atoms with Crippen molar-refractivity contribution in [3.05, 3.63) is 29.6 Å². The first-order chi connectivity index (χ1) is 9.68. The van der Waals surface area contributed by atoms with E-state index in [0.717, 1.165) is 18.0 Å². The number of carbonyl (C=O) groups is 3. The van der Waals surface area contributed by atoms with Crippen molar-refractivity contribution >= 4 is 17.7 Å². The lowest BCUT2D eigenvalue weighted by Gasteiger charge is -2.28. The maximum atomic E-state index is 12.1. The fourth-order valence-corrected chi connectivity index (χ4v) is 2.41. The molecule has 1 saturated heterocycles. The number of nitrogens with zero attached hydrogens (tertiary/aromatic N) is 3. The molecule has 7 heteroatoms. The zero-order valence-corrected chi connectivity index (χ0v) is 10.8. The van der Waals surface area contributed by atoms with Crippen molar-refractivity contribution in [2.75, 3.05) is 32.7 Å². The highest BCUT2D eigenvalue weighted by atomic mass is 16.2. The van der Waals surface area contributed by atoms with Crippen molar-refractivity contribution in [2.24, 2.45) is 0 Å². The summed E-state index contributed by atoms with van der Waals surface area (Å²) in [5.41, 5.74) is 0.399. The first-order valence-electron chi connectivity index (χ1n) is 6.48. The highest BCUT2D eigenvalue weighted by molar-refractivity contribution is 6.21. The summed E-state index contributed by atoms with van der Waals surface area (Å²) in [6.45, 7) is 2.44. The SMILES string of the molecule is O=C(CN1C(=O)c2cccnc2C1=O)N1CCNCC1. The summed E-state index contributed by atoms with van der Waals surface area (Å²) >= 11 is 0. The third kappa shape index (κ3) is 2.05. The highest BCUT2D eigenvalue weighted by Crippen LogP contribution is 2.20. The van der Waals surface area contributed by atoms with Gasteiger partial charge >= 0.3 is 0 Å². The Morgan fingerprint density at radius 2 is 2.00 bits per heavy atom. The normalized spacial score (nSPS) is 18.4. The highest BCUT2D eigenvalue weighted by Gasteiger charge is 2.38. The molecule has 0 atom stereocenters. The minimum atomic E-state index is -0.492. The van der Waals surface area contributed by atoms with Crippen molar-refractivity contribution in [2.45, 2.75) is 0 Å². The molecule has 0 radical (unpaired) electrons. The predicted molar refractivity (Wildman–Crippen MR) is 69.1 cm³/mol. The maximum Gasteiger partial charge on any atom is 0.280 e. The third-order valence-corrected chi connectivity index (χ3v) is 3.49. The Balaban J connectivity index is 1.74. The summed E-state index contributed by atoms with van der Waals surface area (Å²) in [5.74, 6) is -1.14. The number of nitrogens with one attached hydrogen (secondary N) is 1. The molecule has 0 unspecified atom stereocenters. The van der Waals surface area contributed by atoms with E-state index < -0.39 is 11.8 Å². The Labute approximate surface area is 115 Å².